The summed E-state index contributed by atoms with van der Waals surface area (Å²) in [6, 6.07) is 15.0. The fraction of sp³-hybridized carbons (Fsp3) is 0.238. The van der Waals surface area contributed by atoms with Gasteiger partial charge in [-0.2, -0.15) is 5.26 Å². The van der Waals surface area contributed by atoms with Crippen LogP contribution in [0.4, 0.5) is 4.39 Å². The molecule has 4 rings (SSSR count). The number of nitrogens with zero attached hydrogens (tertiary/aromatic N) is 2. The number of allylic oxidation sites excluding steroid dienone is 1. The molecule has 2 aliphatic heterocycles. The van der Waals surface area contributed by atoms with Crippen molar-refractivity contribution in [1.29, 1.82) is 5.26 Å². The van der Waals surface area contributed by atoms with Crippen molar-refractivity contribution < 1.29 is 19.0 Å². The smallest absolute Gasteiger partial charge is 0.231 e. The van der Waals surface area contributed by atoms with Crippen LogP contribution in [0.2, 0.25) is 0 Å². The second-order valence-electron chi connectivity index (χ2n) is 6.67. The number of fused-ring (bicyclic) bond motifs is 1. The molecule has 1 amide bonds. The van der Waals surface area contributed by atoms with Crippen molar-refractivity contribution >= 4 is 17.7 Å². The maximum Gasteiger partial charge on any atom is 0.231 e. The number of rotatable bonds is 3. The van der Waals surface area contributed by atoms with Gasteiger partial charge >= 0.3 is 0 Å². The summed E-state index contributed by atoms with van der Waals surface area (Å²) in [6.07, 6.45) is 0.0385. The molecule has 1 N–H and O–H groups in total. The second kappa shape index (κ2) is 6.97. The van der Waals surface area contributed by atoms with Crippen molar-refractivity contribution in [2.24, 2.45) is 0 Å². The van der Waals surface area contributed by atoms with Crippen molar-refractivity contribution in [1.82, 2.24) is 4.90 Å². The molecule has 0 bridgehead atoms. The average molecular weight is 396 g/mol. The molecule has 2 aromatic carbocycles. The van der Waals surface area contributed by atoms with E-state index in [2.05, 4.69) is 6.07 Å². The van der Waals surface area contributed by atoms with Crippen molar-refractivity contribution in [3.05, 3.63) is 76.1 Å². The highest BCUT2D eigenvalue weighted by atomic mass is 32.2. The monoisotopic (exact) mass is 396 g/mol. The van der Waals surface area contributed by atoms with E-state index in [1.54, 1.807) is 13.2 Å². The first kappa shape index (κ1) is 18.5. The molecule has 0 radical (unpaired) electrons. The number of thioether (sulfide) groups is 1. The number of ether oxygens (including phenoxy) is 1. The maximum absolute atomic E-state index is 13.3. The van der Waals surface area contributed by atoms with Crippen LogP contribution in [0.1, 0.15) is 23.5 Å². The predicted molar refractivity (Wildman–Crippen MR) is 103 cm³/mol. The van der Waals surface area contributed by atoms with E-state index in [9.17, 15) is 19.6 Å². The Morgan fingerprint density at radius 2 is 2.00 bits per heavy atom. The van der Waals surface area contributed by atoms with Gasteiger partial charge in [-0.3, -0.25) is 9.69 Å². The molecule has 2 atom stereocenters. The topological polar surface area (TPSA) is 73.6 Å². The number of hydrogen-bond acceptors (Lipinski definition) is 5. The highest BCUT2D eigenvalue weighted by Crippen LogP contribution is 2.52. The zero-order valence-corrected chi connectivity index (χ0v) is 15.9. The van der Waals surface area contributed by atoms with Crippen LogP contribution in [0.15, 0.2) is 59.1 Å². The van der Waals surface area contributed by atoms with Gasteiger partial charge in [0, 0.05) is 23.5 Å². The minimum absolute atomic E-state index is 0.0385. The molecule has 5 nitrogen and oxygen atoms in total. The summed E-state index contributed by atoms with van der Waals surface area (Å²) in [6.45, 7) is 0. The number of nitriles is 1. The third kappa shape index (κ3) is 2.77. The van der Waals surface area contributed by atoms with Crippen molar-refractivity contribution in [2.75, 3.05) is 12.9 Å². The van der Waals surface area contributed by atoms with E-state index < -0.39 is 17.5 Å². The Labute approximate surface area is 166 Å². The Kier molecular flexibility index (Phi) is 4.61. The Balaban J connectivity index is 1.82. The number of carbonyl (C=O) groups excluding carboxylic acids is 1. The van der Waals surface area contributed by atoms with E-state index in [1.807, 2.05) is 18.2 Å². The highest BCUT2D eigenvalue weighted by molar-refractivity contribution is 8.03. The number of halogens is 1. The van der Waals surface area contributed by atoms with E-state index in [1.165, 1.54) is 40.9 Å². The van der Waals surface area contributed by atoms with Gasteiger partial charge in [0.1, 0.15) is 11.6 Å². The Bertz CT molecular complexity index is 1020. The van der Waals surface area contributed by atoms with E-state index >= 15 is 0 Å². The summed E-state index contributed by atoms with van der Waals surface area (Å²) in [5.74, 6) is -0.375. The minimum Gasteiger partial charge on any atom is -0.496 e. The van der Waals surface area contributed by atoms with Crippen LogP contribution in [0.3, 0.4) is 0 Å². The van der Waals surface area contributed by atoms with Gasteiger partial charge in [0.2, 0.25) is 5.91 Å². The van der Waals surface area contributed by atoms with Gasteiger partial charge in [-0.05, 0) is 18.2 Å². The highest BCUT2D eigenvalue weighted by Gasteiger charge is 2.52. The quantitative estimate of drug-likeness (QED) is 0.860. The first-order valence-corrected chi connectivity index (χ1v) is 9.69. The lowest BCUT2D eigenvalue weighted by molar-refractivity contribution is -0.149. The molecule has 0 saturated carbocycles. The molecule has 1 fully saturated rings. The predicted octanol–water partition coefficient (Wildman–Crippen LogP) is 3.48. The zero-order chi connectivity index (χ0) is 19.9. The normalized spacial score (nSPS) is 24.1. The molecule has 0 aliphatic carbocycles. The fourth-order valence-corrected chi connectivity index (χ4v) is 5.13. The third-order valence-electron chi connectivity index (χ3n) is 5.13. The van der Waals surface area contributed by atoms with E-state index in [0.717, 1.165) is 5.56 Å². The SMILES string of the molecule is COc1ccccc1[C@H]1CC(=O)N2C(=C1C#N)SC[C@]2(O)c1ccc(F)cc1. The lowest BCUT2D eigenvalue weighted by Gasteiger charge is -2.38. The van der Waals surface area contributed by atoms with E-state index in [-0.39, 0.29) is 18.1 Å². The number of methoxy groups -OCH3 is 1. The number of amides is 1. The molecule has 0 aromatic heterocycles. The molecule has 0 unspecified atom stereocenters. The summed E-state index contributed by atoms with van der Waals surface area (Å²) >= 11 is 1.26. The lowest BCUT2D eigenvalue weighted by atomic mass is 9.85. The van der Waals surface area contributed by atoms with Gasteiger partial charge < -0.3 is 9.84 Å². The molecule has 7 heteroatoms. The number of aliphatic hydroxyl groups is 1. The lowest BCUT2D eigenvalue weighted by Crippen LogP contribution is -2.48. The molecular formula is C21H17FN2O3S. The summed E-state index contributed by atoms with van der Waals surface area (Å²) < 4.78 is 18.7. The van der Waals surface area contributed by atoms with Gasteiger partial charge in [-0.15, -0.1) is 11.8 Å². The largest absolute Gasteiger partial charge is 0.496 e. The first-order valence-electron chi connectivity index (χ1n) is 8.71. The van der Waals surface area contributed by atoms with Crippen LogP contribution in [0.5, 0.6) is 5.75 Å². The Morgan fingerprint density at radius 3 is 2.68 bits per heavy atom. The van der Waals surface area contributed by atoms with Gasteiger partial charge in [-0.25, -0.2) is 4.39 Å². The van der Waals surface area contributed by atoms with Gasteiger partial charge in [-0.1, -0.05) is 30.3 Å². The number of carbonyl (C=O) groups is 1. The molecule has 0 spiro atoms. The van der Waals surface area contributed by atoms with Gasteiger partial charge in [0.25, 0.3) is 0 Å². The number of para-hydroxylation sites is 1. The average Bonchev–Trinajstić information content (AvgIpc) is 3.07. The summed E-state index contributed by atoms with van der Waals surface area (Å²) in [7, 11) is 1.55. The molecule has 142 valence electrons. The molecule has 2 aliphatic rings. The van der Waals surface area contributed by atoms with Crippen LogP contribution in [-0.4, -0.2) is 28.8 Å². The van der Waals surface area contributed by atoms with Crippen molar-refractivity contribution in [2.45, 2.75) is 18.1 Å². The standard InChI is InChI=1S/C21H17FN2O3S/c1-27-18-5-3-2-4-15(18)16-10-19(25)24-20(17(16)11-23)28-12-21(24,26)13-6-8-14(22)9-7-13/h2-9,16,26H,10,12H2,1H3/t16-,21+/m1/s1. The van der Waals surface area contributed by atoms with Gasteiger partial charge in [0.05, 0.1) is 29.5 Å². The van der Waals surface area contributed by atoms with Gasteiger partial charge in [0.15, 0.2) is 5.72 Å². The second-order valence-corrected chi connectivity index (χ2v) is 7.63. The van der Waals surface area contributed by atoms with Crippen LogP contribution >= 0.6 is 11.8 Å². The summed E-state index contributed by atoms with van der Waals surface area (Å²) in [4.78, 5) is 14.4. The van der Waals surface area contributed by atoms with E-state index in [0.29, 0.717) is 21.9 Å². The number of hydrogen-bond donors (Lipinski definition) is 1. The zero-order valence-electron chi connectivity index (χ0n) is 15.1. The molecule has 2 aromatic rings. The maximum atomic E-state index is 13.3. The molecular weight excluding hydrogens is 379 g/mol. The first-order chi connectivity index (χ1) is 13.5. The third-order valence-corrected chi connectivity index (χ3v) is 6.35. The Morgan fingerprint density at radius 1 is 1.29 bits per heavy atom. The minimum atomic E-state index is -1.61. The van der Waals surface area contributed by atoms with Crippen molar-refractivity contribution in [3.8, 4) is 11.8 Å². The van der Waals surface area contributed by atoms with Crippen LogP contribution in [0, 0.1) is 17.1 Å². The Hall–Kier alpha value is -2.82. The van der Waals surface area contributed by atoms with Crippen LogP contribution < -0.4 is 4.74 Å². The van der Waals surface area contributed by atoms with E-state index in [4.69, 9.17) is 4.74 Å². The summed E-state index contributed by atoms with van der Waals surface area (Å²) in [5.41, 5.74) is -0.0108. The molecule has 1 saturated heterocycles. The number of benzene rings is 2. The molecule has 2 heterocycles. The molecule has 28 heavy (non-hydrogen) atoms. The van der Waals surface area contributed by atoms with Crippen LogP contribution in [0.25, 0.3) is 0 Å². The summed E-state index contributed by atoms with van der Waals surface area (Å²) in [5, 5.41) is 21.6. The van der Waals surface area contributed by atoms with Crippen molar-refractivity contribution in [3.63, 3.8) is 0 Å². The van der Waals surface area contributed by atoms with Crippen LogP contribution in [-0.2, 0) is 10.5 Å². The fourth-order valence-electron chi connectivity index (χ4n) is 3.78.